The van der Waals surface area contributed by atoms with Gasteiger partial charge in [-0.15, -0.1) is 0 Å². The van der Waals surface area contributed by atoms with E-state index in [9.17, 15) is 0 Å². The van der Waals surface area contributed by atoms with Crippen LogP contribution >= 0.6 is 0 Å². The first-order valence-electron chi connectivity index (χ1n) is 6.20. The van der Waals surface area contributed by atoms with Gasteiger partial charge in [0, 0.05) is 18.8 Å². The molecular formula is C13H22N2. The van der Waals surface area contributed by atoms with E-state index in [1.165, 1.54) is 50.9 Å². The second-order valence-electron chi connectivity index (χ2n) is 4.69. The second kappa shape index (κ2) is 5.36. The molecule has 0 amide bonds. The van der Waals surface area contributed by atoms with Crippen molar-refractivity contribution in [1.29, 1.82) is 0 Å². The predicted molar refractivity (Wildman–Crippen MR) is 64.7 cm³/mol. The molecule has 2 nitrogen and oxygen atoms in total. The maximum Gasteiger partial charge on any atom is 0.0413 e. The number of rotatable bonds is 3. The van der Waals surface area contributed by atoms with Crippen LogP contribution in [-0.4, -0.2) is 30.6 Å². The first-order valence-corrected chi connectivity index (χ1v) is 6.20. The minimum absolute atomic E-state index is 0.503. The van der Waals surface area contributed by atoms with Crippen molar-refractivity contribution in [2.75, 3.05) is 19.6 Å². The molecule has 1 unspecified atom stereocenters. The number of hydrogen-bond donors (Lipinski definition) is 1. The normalized spacial score (nSPS) is 27.3. The Morgan fingerprint density at radius 3 is 2.80 bits per heavy atom. The zero-order chi connectivity index (χ0) is 10.5. The summed E-state index contributed by atoms with van der Waals surface area (Å²) in [5.74, 6) is 0. The summed E-state index contributed by atoms with van der Waals surface area (Å²) in [6, 6.07) is 0.503. The molecule has 2 aliphatic rings. The van der Waals surface area contributed by atoms with Crippen LogP contribution in [0.25, 0.3) is 0 Å². The molecule has 2 aliphatic heterocycles. The Labute approximate surface area is 93.0 Å². The van der Waals surface area contributed by atoms with Crippen molar-refractivity contribution >= 4 is 0 Å². The SMILES string of the molecule is CC1C=CC(CCN2CCCCC2)=CN1. The number of dihydropyridines is 1. The van der Waals surface area contributed by atoms with Crippen molar-refractivity contribution in [2.45, 2.75) is 38.6 Å². The van der Waals surface area contributed by atoms with Crippen LogP contribution in [0, 0.1) is 0 Å². The first-order chi connectivity index (χ1) is 7.34. The summed E-state index contributed by atoms with van der Waals surface area (Å²) in [5, 5.41) is 3.35. The maximum atomic E-state index is 3.35. The van der Waals surface area contributed by atoms with Gasteiger partial charge in [0.1, 0.15) is 0 Å². The molecule has 0 bridgehead atoms. The van der Waals surface area contributed by atoms with Crippen LogP contribution in [0.3, 0.4) is 0 Å². The molecule has 84 valence electrons. The van der Waals surface area contributed by atoms with E-state index in [-0.39, 0.29) is 0 Å². The third kappa shape index (κ3) is 3.38. The highest BCUT2D eigenvalue weighted by Gasteiger charge is 2.10. The van der Waals surface area contributed by atoms with Crippen LogP contribution in [-0.2, 0) is 0 Å². The van der Waals surface area contributed by atoms with Gasteiger partial charge in [-0.05, 0) is 44.8 Å². The number of piperidine rings is 1. The Bertz CT molecular complexity index is 249. The van der Waals surface area contributed by atoms with Gasteiger partial charge in [-0.2, -0.15) is 0 Å². The third-order valence-corrected chi connectivity index (χ3v) is 3.30. The zero-order valence-corrected chi connectivity index (χ0v) is 9.71. The van der Waals surface area contributed by atoms with E-state index in [1.807, 2.05) is 0 Å². The number of allylic oxidation sites excluding steroid dienone is 1. The van der Waals surface area contributed by atoms with Gasteiger partial charge < -0.3 is 10.2 Å². The van der Waals surface area contributed by atoms with Gasteiger partial charge in [0.25, 0.3) is 0 Å². The molecule has 2 heterocycles. The highest BCUT2D eigenvalue weighted by molar-refractivity contribution is 5.23. The van der Waals surface area contributed by atoms with E-state index in [2.05, 4.69) is 35.5 Å². The average molecular weight is 206 g/mol. The fourth-order valence-corrected chi connectivity index (χ4v) is 2.24. The lowest BCUT2D eigenvalue weighted by molar-refractivity contribution is 0.231. The van der Waals surface area contributed by atoms with Gasteiger partial charge in [-0.3, -0.25) is 0 Å². The van der Waals surface area contributed by atoms with Gasteiger partial charge >= 0.3 is 0 Å². The summed E-state index contributed by atoms with van der Waals surface area (Å²) in [6.07, 6.45) is 12.1. The summed E-state index contributed by atoms with van der Waals surface area (Å²) in [7, 11) is 0. The molecule has 1 N–H and O–H groups in total. The largest absolute Gasteiger partial charge is 0.385 e. The van der Waals surface area contributed by atoms with E-state index >= 15 is 0 Å². The van der Waals surface area contributed by atoms with E-state index in [0.29, 0.717) is 6.04 Å². The molecule has 0 aromatic heterocycles. The van der Waals surface area contributed by atoms with Crippen molar-refractivity contribution in [1.82, 2.24) is 10.2 Å². The van der Waals surface area contributed by atoms with Gasteiger partial charge in [-0.25, -0.2) is 0 Å². The summed E-state index contributed by atoms with van der Waals surface area (Å²) in [4.78, 5) is 2.59. The Kier molecular flexibility index (Phi) is 3.84. The van der Waals surface area contributed by atoms with Crippen LogP contribution in [0.1, 0.15) is 32.6 Å². The van der Waals surface area contributed by atoms with Crippen molar-refractivity contribution in [3.63, 3.8) is 0 Å². The van der Waals surface area contributed by atoms with Crippen LogP contribution < -0.4 is 5.32 Å². The quantitative estimate of drug-likeness (QED) is 0.762. The standard InChI is InChI=1S/C13H22N2/c1-12-5-6-13(11-14-12)7-10-15-8-3-2-4-9-15/h5-6,11-12,14H,2-4,7-10H2,1H3. The highest BCUT2D eigenvalue weighted by atomic mass is 15.1. The smallest absolute Gasteiger partial charge is 0.0413 e. The Morgan fingerprint density at radius 1 is 1.33 bits per heavy atom. The fraction of sp³-hybridized carbons (Fsp3) is 0.692. The van der Waals surface area contributed by atoms with Crippen LogP contribution in [0.5, 0.6) is 0 Å². The number of hydrogen-bond acceptors (Lipinski definition) is 2. The van der Waals surface area contributed by atoms with E-state index in [4.69, 9.17) is 0 Å². The van der Waals surface area contributed by atoms with Crippen LogP contribution in [0.15, 0.2) is 23.9 Å². The summed E-state index contributed by atoms with van der Waals surface area (Å²) in [6.45, 7) is 6.02. The second-order valence-corrected chi connectivity index (χ2v) is 4.69. The van der Waals surface area contributed by atoms with Crippen LogP contribution in [0.2, 0.25) is 0 Å². The Morgan fingerprint density at radius 2 is 2.13 bits per heavy atom. The molecule has 15 heavy (non-hydrogen) atoms. The molecule has 1 atom stereocenters. The molecular weight excluding hydrogens is 184 g/mol. The lowest BCUT2D eigenvalue weighted by Gasteiger charge is -2.26. The Balaban J connectivity index is 1.71. The van der Waals surface area contributed by atoms with Crippen LogP contribution in [0.4, 0.5) is 0 Å². The van der Waals surface area contributed by atoms with E-state index in [1.54, 1.807) is 0 Å². The minimum atomic E-state index is 0.503. The lowest BCUT2D eigenvalue weighted by Crippen LogP contribution is -2.31. The predicted octanol–water partition coefficient (Wildman–Crippen LogP) is 2.29. The molecule has 0 aliphatic carbocycles. The van der Waals surface area contributed by atoms with Gasteiger partial charge in [0.2, 0.25) is 0 Å². The van der Waals surface area contributed by atoms with Gasteiger partial charge in [0.15, 0.2) is 0 Å². The van der Waals surface area contributed by atoms with Crippen molar-refractivity contribution in [3.05, 3.63) is 23.9 Å². The molecule has 0 spiro atoms. The van der Waals surface area contributed by atoms with E-state index in [0.717, 1.165) is 0 Å². The molecule has 0 aromatic carbocycles. The maximum absolute atomic E-state index is 3.35. The summed E-state index contributed by atoms with van der Waals surface area (Å²) in [5.41, 5.74) is 1.44. The summed E-state index contributed by atoms with van der Waals surface area (Å²) < 4.78 is 0. The van der Waals surface area contributed by atoms with E-state index < -0.39 is 0 Å². The highest BCUT2D eigenvalue weighted by Crippen LogP contribution is 2.13. The lowest BCUT2D eigenvalue weighted by atomic mass is 10.1. The van der Waals surface area contributed by atoms with Crippen molar-refractivity contribution in [2.24, 2.45) is 0 Å². The van der Waals surface area contributed by atoms with Crippen molar-refractivity contribution < 1.29 is 0 Å². The molecule has 1 fully saturated rings. The molecule has 2 rings (SSSR count). The molecule has 0 saturated carbocycles. The third-order valence-electron chi connectivity index (χ3n) is 3.30. The van der Waals surface area contributed by atoms with Crippen molar-refractivity contribution in [3.8, 4) is 0 Å². The molecule has 0 aromatic rings. The monoisotopic (exact) mass is 206 g/mol. The Hall–Kier alpha value is -0.760. The number of nitrogens with one attached hydrogen (secondary N) is 1. The minimum Gasteiger partial charge on any atom is -0.385 e. The number of nitrogens with zero attached hydrogens (tertiary/aromatic N) is 1. The van der Waals surface area contributed by atoms with Gasteiger partial charge in [-0.1, -0.05) is 18.6 Å². The molecule has 2 heteroatoms. The average Bonchev–Trinajstić information content (AvgIpc) is 2.30. The fourth-order valence-electron chi connectivity index (χ4n) is 2.24. The summed E-state index contributed by atoms with van der Waals surface area (Å²) >= 11 is 0. The zero-order valence-electron chi connectivity index (χ0n) is 9.71. The number of likely N-dealkylation sites (tertiary alicyclic amines) is 1. The van der Waals surface area contributed by atoms with Gasteiger partial charge in [0.05, 0.1) is 0 Å². The topological polar surface area (TPSA) is 15.3 Å². The first kappa shape index (κ1) is 10.7. The molecule has 1 saturated heterocycles. The molecule has 0 radical (unpaired) electrons.